The maximum atomic E-state index is 14.5. The Balaban J connectivity index is 1.69. The molecule has 0 saturated heterocycles. The Morgan fingerprint density at radius 1 is 0.900 bits per heavy atom. The number of carbonyl (C=O) groups excluding carboxylic acids is 1. The Labute approximate surface area is 178 Å². The van der Waals surface area contributed by atoms with Crippen molar-refractivity contribution < 1.29 is 9.18 Å². The first-order valence-corrected chi connectivity index (χ1v) is 10.5. The molecule has 0 aliphatic heterocycles. The molecule has 0 amide bonds. The fraction of sp³-hybridized carbons (Fsp3) is 0.125. The highest BCUT2D eigenvalue weighted by atomic mass is 32.2. The molecule has 0 radical (unpaired) electrons. The lowest BCUT2D eigenvalue weighted by molar-refractivity contribution is 0.102. The highest BCUT2D eigenvalue weighted by Crippen LogP contribution is 2.29. The molecular weight excluding hydrogens is 397 g/mol. The second kappa shape index (κ2) is 8.63. The Hall–Kier alpha value is -3.25. The number of thioether (sulfide) groups is 1. The van der Waals surface area contributed by atoms with E-state index in [1.807, 2.05) is 62.4 Å². The summed E-state index contributed by atoms with van der Waals surface area (Å²) >= 11 is 1.29. The molecule has 1 aromatic heterocycles. The van der Waals surface area contributed by atoms with Gasteiger partial charge in [-0.3, -0.25) is 9.36 Å². The van der Waals surface area contributed by atoms with Crippen LogP contribution in [0.3, 0.4) is 0 Å². The summed E-state index contributed by atoms with van der Waals surface area (Å²) in [7, 11) is 0. The van der Waals surface area contributed by atoms with Crippen molar-refractivity contribution in [3.05, 3.63) is 95.3 Å². The van der Waals surface area contributed by atoms with Gasteiger partial charge in [-0.25, -0.2) is 4.39 Å². The van der Waals surface area contributed by atoms with E-state index in [9.17, 15) is 9.18 Å². The van der Waals surface area contributed by atoms with Crippen molar-refractivity contribution in [2.75, 3.05) is 5.75 Å². The van der Waals surface area contributed by atoms with Gasteiger partial charge in [-0.15, -0.1) is 10.2 Å². The molecule has 0 bridgehead atoms. The van der Waals surface area contributed by atoms with Crippen LogP contribution in [0.15, 0.2) is 78.0 Å². The Morgan fingerprint density at radius 3 is 2.20 bits per heavy atom. The van der Waals surface area contributed by atoms with Crippen molar-refractivity contribution in [3.8, 4) is 17.1 Å². The molecule has 4 rings (SSSR count). The van der Waals surface area contributed by atoms with Crippen LogP contribution in [0.25, 0.3) is 17.1 Å². The third-order valence-electron chi connectivity index (χ3n) is 4.75. The van der Waals surface area contributed by atoms with E-state index in [1.54, 1.807) is 22.8 Å². The third-order valence-corrected chi connectivity index (χ3v) is 5.68. The summed E-state index contributed by atoms with van der Waals surface area (Å²) in [4.78, 5) is 12.6. The van der Waals surface area contributed by atoms with Gasteiger partial charge in [0, 0.05) is 11.3 Å². The summed E-state index contributed by atoms with van der Waals surface area (Å²) in [6, 6.07) is 21.8. The highest BCUT2D eigenvalue weighted by molar-refractivity contribution is 7.99. The minimum absolute atomic E-state index is 0.00546. The summed E-state index contributed by atoms with van der Waals surface area (Å²) in [6.07, 6.45) is 0. The number of nitrogens with zero attached hydrogens (tertiary/aromatic N) is 3. The van der Waals surface area contributed by atoms with E-state index in [1.165, 1.54) is 17.8 Å². The van der Waals surface area contributed by atoms with Crippen LogP contribution in [0, 0.1) is 19.7 Å². The quantitative estimate of drug-likeness (QED) is 0.300. The predicted molar refractivity (Wildman–Crippen MR) is 118 cm³/mol. The van der Waals surface area contributed by atoms with E-state index >= 15 is 0 Å². The molecule has 0 unspecified atom stereocenters. The van der Waals surface area contributed by atoms with Crippen LogP contribution in [-0.4, -0.2) is 26.3 Å². The van der Waals surface area contributed by atoms with E-state index in [-0.39, 0.29) is 17.4 Å². The van der Waals surface area contributed by atoms with Crippen molar-refractivity contribution in [2.45, 2.75) is 19.0 Å². The van der Waals surface area contributed by atoms with Crippen molar-refractivity contribution in [1.29, 1.82) is 0 Å². The van der Waals surface area contributed by atoms with E-state index in [2.05, 4.69) is 10.2 Å². The number of carbonyl (C=O) groups is 1. The van der Waals surface area contributed by atoms with E-state index in [0.717, 1.165) is 16.8 Å². The van der Waals surface area contributed by atoms with Gasteiger partial charge in [0.25, 0.3) is 0 Å². The van der Waals surface area contributed by atoms with Crippen LogP contribution in [-0.2, 0) is 0 Å². The van der Waals surface area contributed by atoms with Crippen LogP contribution in [0.2, 0.25) is 0 Å². The Kier molecular flexibility index (Phi) is 5.77. The molecule has 30 heavy (non-hydrogen) atoms. The number of hydrogen-bond acceptors (Lipinski definition) is 4. The summed E-state index contributed by atoms with van der Waals surface area (Å²) in [6.45, 7) is 3.99. The van der Waals surface area contributed by atoms with Gasteiger partial charge in [0.1, 0.15) is 5.82 Å². The fourth-order valence-electron chi connectivity index (χ4n) is 3.06. The van der Waals surface area contributed by atoms with Gasteiger partial charge in [0.05, 0.1) is 11.3 Å². The first kappa shape index (κ1) is 20.0. The maximum Gasteiger partial charge on any atom is 0.196 e. The molecule has 0 atom stereocenters. The number of aryl methyl sites for hydroxylation is 2. The van der Waals surface area contributed by atoms with Gasteiger partial charge < -0.3 is 0 Å². The highest BCUT2D eigenvalue weighted by Gasteiger charge is 2.19. The molecule has 0 saturated carbocycles. The van der Waals surface area contributed by atoms with Gasteiger partial charge in [0.15, 0.2) is 16.8 Å². The number of halogens is 1. The van der Waals surface area contributed by atoms with Crippen molar-refractivity contribution in [2.24, 2.45) is 0 Å². The minimum atomic E-state index is -0.370. The molecule has 0 fully saturated rings. The molecule has 1 heterocycles. The lowest BCUT2D eigenvalue weighted by Gasteiger charge is -2.11. The topological polar surface area (TPSA) is 47.8 Å². The zero-order chi connectivity index (χ0) is 21.1. The van der Waals surface area contributed by atoms with E-state index in [4.69, 9.17) is 0 Å². The van der Waals surface area contributed by atoms with Crippen LogP contribution in [0.4, 0.5) is 4.39 Å². The second-order valence-corrected chi connectivity index (χ2v) is 7.98. The maximum absolute atomic E-state index is 14.5. The van der Waals surface area contributed by atoms with Gasteiger partial charge in [-0.2, -0.15) is 0 Å². The fourth-order valence-corrected chi connectivity index (χ4v) is 3.91. The van der Waals surface area contributed by atoms with Crippen LogP contribution in [0.5, 0.6) is 0 Å². The predicted octanol–water partition coefficient (Wildman–Crippen LogP) is 5.67. The molecular formula is C24H20FN3OS. The first-order valence-electron chi connectivity index (χ1n) is 9.53. The lowest BCUT2D eigenvalue weighted by Crippen LogP contribution is -2.05. The number of benzene rings is 3. The number of ketones is 1. The smallest absolute Gasteiger partial charge is 0.196 e. The van der Waals surface area contributed by atoms with Gasteiger partial charge in [0.2, 0.25) is 0 Å². The Morgan fingerprint density at radius 2 is 1.53 bits per heavy atom. The van der Waals surface area contributed by atoms with E-state index < -0.39 is 0 Å². The average molecular weight is 418 g/mol. The third kappa shape index (κ3) is 4.19. The lowest BCUT2D eigenvalue weighted by atomic mass is 10.1. The molecule has 4 aromatic rings. The molecule has 0 aliphatic carbocycles. The molecule has 3 aromatic carbocycles. The second-order valence-electron chi connectivity index (χ2n) is 7.03. The normalized spacial score (nSPS) is 10.9. The van der Waals surface area contributed by atoms with Crippen LogP contribution in [0.1, 0.15) is 21.5 Å². The van der Waals surface area contributed by atoms with Crippen molar-refractivity contribution in [3.63, 3.8) is 0 Å². The molecule has 0 spiro atoms. The standard InChI is InChI=1S/C24H20FN3OS/c1-16-7-11-18(12-8-16)22(29)15-30-24-27-26-23(20-5-3-4-6-21(20)25)28(24)19-13-9-17(2)10-14-19/h3-14H,15H2,1-2H3. The number of hydrogen-bond donors (Lipinski definition) is 0. The summed E-state index contributed by atoms with van der Waals surface area (Å²) in [5.41, 5.74) is 4.05. The van der Waals surface area contributed by atoms with Crippen LogP contribution >= 0.6 is 11.8 Å². The van der Waals surface area contributed by atoms with Gasteiger partial charge >= 0.3 is 0 Å². The molecule has 0 N–H and O–H groups in total. The van der Waals surface area contributed by atoms with Gasteiger partial charge in [-0.1, -0.05) is 71.4 Å². The Bertz CT molecular complexity index is 1180. The monoisotopic (exact) mass is 417 g/mol. The average Bonchev–Trinajstić information content (AvgIpc) is 3.17. The number of rotatable bonds is 6. The SMILES string of the molecule is Cc1ccc(C(=O)CSc2nnc(-c3ccccc3F)n2-c2ccc(C)cc2)cc1. The molecule has 0 aliphatic rings. The first-order chi connectivity index (χ1) is 14.5. The zero-order valence-electron chi connectivity index (χ0n) is 16.7. The summed E-state index contributed by atoms with van der Waals surface area (Å²) < 4.78 is 16.3. The summed E-state index contributed by atoms with van der Waals surface area (Å²) in [5, 5.41) is 9.06. The van der Waals surface area contributed by atoms with Crippen molar-refractivity contribution >= 4 is 17.5 Å². The number of aromatic nitrogens is 3. The minimum Gasteiger partial charge on any atom is -0.293 e. The van der Waals surface area contributed by atoms with Crippen LogP contribution < -0.4 is 0 Å². The largest absolute Gasteiger partial charge is 0.293 e. The molecule has 4 nitrogen and oxygen atoms in total. The number of Topliss-reactive ketones (excluding diaryl/α,β-unsaturated/α-hetero) is 1. The van der Waals surface area contributed by atoms with Gasteiger partial charge in [-0.05, 0) is 38.1 Å². The van der Waals surface area contributed by atoms with E-state index in [0.29, 0.717) is 22.1 Å². The zero-order valence-corrected chi connectivity index (χ0v) is 17.5. The van der Waals surface area contributed by atoms with Crippen molar-refractivity contribution in [1.82, 2.24) is 14.8 Å². The summed E-state index contributed by atoms with van der Waals surface area (Å²) in [5.74, 6) is 0.253. The molecule has 150 valence electrons. The molecule has 6 heteroatoms.